The Bertz CT molecular complexity index is 893. The van der Waals surface area contributed by atoms with Gasteiger partial charge in [0.05, 0.1) is 32.0 Å². The Kier molecular flexibility index (Phi) is 6.33. The zero-order valence-electron chi connectivity index (χ0n) is 14.9. The molecule has 0 saturated carbocycles. The van der Waals surface area contributed by atoms with Crippen molar-refractivity contribution in [3.8, 4) is 11.5 Å². The van der Waals surface area contributed by atoms with Gasteiger partial charge in [0, 0.05) is 11.2 Å². The highest BCUT2D eigenvalue weighted by Gasteiger charge is 2.09. The molecule has 7 heteroatoms. The van der Waals surface area contributed by atoms with Crippen molar-refractivity contribution in [2.24, 2.45) is 0 Å². The summed E-state index contributed by atoms with van der Waals surface area (Å²) >= 11 is 6.15. The highest BCUT2D eigenvalue weighted by atomic mass is 35.5. The van der Waals surface area contributed by atoms with Crippen molar-refractivity contribution in [2.45, 2.75) is 6.54 Å². The van der Waals surface area contributed by atoms with E-state index in [9.17, 15) is 4.79 Å². The molecule has 3 aromatic rings. The lowest BCUT2D eigenvalue weighted by molar-refractivity contribution is 0.0947. The van der Waals surface area contributed by atoms with Gasteiger partial charge in [0.2, 0.25) is 0 Å². The van der Waals surface area contributed by atoms with E-state index in [1.54, 1.807) is 18.0 Å². The number of nitrogens with zero attached hydrogens (tertiary/aromatic N) is 2. The zero-order chi connectivity index (χ0) is 19.1. The largest absolute Gasteiger partial charge is 0.497 e. The van der Waals surface area contributed by atoms with E-state index in [-0.39, 0.29) is 5.91 Å². The maximum Gasteiger partial charge on any atom is 0.254 e. The number of amides is 1. The SMILES string of the molecule is COc1ccc(OCCNC(=O)c2cnn(Cc3ccccc3Cl)c2)cc1. The molecule has 0 atom stereocenters. The highest BCUT2D eigenvalue weighted by molar-refractivity contribution is 6.31. The van der Waals surface area contributed by atoms with E-state index in [1.165, 1.54) is 6.20 Å². The minimum atomic E-state index is -0.196. The standard InChI is InChI=1S/C20H20ClN3O3/c1-26-17-6-8-18(9-7-17)27-11-10-22-20(25)16-12-23-24(14-16)13-15-4-2-3-5-19(15)21/h2-9,12,14H,10-11,13H2,1H3,(H,22,25). The summed E-state index contributed by atoms with van der Waals surface area (Å²) in [4.78, 5) is 12.2. The number of nitrogens with one attached hydrogen (secondary N) is 1. The van der Waals surface area contributed by atoms with E-state index < -0.39 is 0 Å². The number of halogens is 1. The molecular weight excluding hydrogens is 366 g/mol. The van der Waals surface area contributed by atoms with Crippen molar-refractivity contribution in [3.63, 3.8) is 0 Å². The number of methoxy groups -OCH3 is 1. The summed E-state index contributed by atoms with van der Waals surface area (Å²) in [5, 5.41) is 7.71. The van der Waals surface area contributed by atoms with Crippen LogP contribution < -0.4 is 14.8 Å². The van der Waals surface area contributed by atoms with E-state index in [1.807, 2.05) is 48.5 Å². The van der Waals surface area contributed by atoms with Crippen molar-refractivity contribution >= 4 is 17.5 Å². The molecule has 0 aliphatic rings. The van der Waals surface area contributed by atoms with Gasteiger partial charge in [0.1, 0.15) is 18.1 Å². The summed E-state index contributed by atoms with van der Waals surface area (Å²) in [5.74, 6) is 1.29. The first-order chi connectivity index (χ1) is 13.2. The van der Waals surface area contributed by atoms with Crippen molar-refractivity contribution < 1.29 is 14.3 Å². The van der Waals surface area contributed by atoms with Crippen molar-refractivity contribution in [1.82, 2.24) is 15.1 Å². The van der Waals surface area contributed by atoms with Crippen molar-refractivity contribution in [1.29, 1.82) is 0 Å². The Balaban J connectivity index is 1.45. The lowest BCUT2D eigenvalue weighted by Gasteiger charge is -2.08. The molecule has 0 aliphatic carbocycles. The smallest absolute Gasteiger partial charge is 0.254 e. The maximum atomic E-state index is 12.2. The Morgan fingerprint density at radius 2 is 1.89 bits per heavy atom. The van der Waals surface area contributed by atoms with Gasteiger partial charge in [-0.15, -0.1) is 0 Å². The third kappa shape index (κ3) is 5.24. The highest BCUT2D eigenvalue weighted by Crippen LogP contribution is 2.17. The molecule has 0 spiro atoms. The first-order valence-corrected chi connectivity index (χ1v) is 8.84. The second-order valence-corrected chi connectivity index (χ2v) is 6.21. The van der Waals surface area contributed by atoms with E-state index in [0.717, 1.165) is 17.1 Å². The maximum absolute atomic E-state index is 12.2. The zero-order valence-corrected chi connectivity index (χ0v) is 15.6. The molecule has 0 bridgehead atoms. The molecule has 1 heterocycles. The second-order valence-electron chi connectivity index (χ2n) is 5.80. The van der Waals surface area contributed by atoms with Crippen molar-refractivity contribution in [3.05, 3.63) is 77.1 Å². The lowest BCUT2D eigenvalue weighted by Crippen LogP contribution is -2.27. The summed E-state index contributed by atoms with van der Waals surface area (Å²) in [6.45, 7) is 1.26. The van der Waals surface area contributed by atoms with Gasteiger partial charge in [-0.05, 0) is 35.9 Å². The minimum absolute atomic E-state index is 0.196. The molecule has 0 unspecified atom stereocenters. The molecule has 0 saturated heterocycles. The van der Waals surface area contributed by atoms with Gasteiger partial charge in [-0.25, -0.2) is 0 Å². The molecule has 1 N–H and O–H groups in total. The number of ether oxygens (including phenoxy) is 2. The summed E-state index contributed by atoms with van der Waals surface area (Å²) in [6.07, 6.45) is 3.24. The van der Waals surface area contributed by atoms with E-state index in [2.05, 4.69) is 10.4 Å². The normalized spacial score (nSPS) is 10.4. The number of benzene rings is 2. The van der Waals surface area contributed by atoms with Gasteiger partial charge < -0.3 is 14.8 Å². The first kappa shape index (κ1) is 18.8. The van der Waals surface area contributed by atoms with Crippen molar-refractivity contribution in [2.75, 3.05) is 20.3 Å². The van der Waals surface area contributed by atoms with Gasteiger partial charge in [-0.1, -0.05) is 29.8 Å². The molecule has 2 aromatic carbocycles. The number of aromatic nitrogens is 2. The van der Waals surface area contributed by atoms with Crippen LogP contribution >= 0.6 is 11.6 Å². The Morgan fingerprint density at radius 3 is 2.63 bits per heavy atom. The fourth-order valence-corrected chi connectivity index (χ4v) is 2.67. The second kappa shape index (κ2) is 9.09. The number of rotatable bonds is 8. The molecule has 1 aromatic heterocycles. The topological polar surface area (TPSA) is 65.4 Å². The Morgan fingerprint density at radius 1 is 1.15 bits per heavy atom. The fourth-order valence-electron chi connectivity index (χ4n) is 2.48. The molecule has 3 rings (SSSR count). The van der Waals surface area contributed by atoms with Gasteiger partial charge in [-0.3, -0.25) is 9.48 Å². The molecular formula is C20H20ClN3O3. The van der Waals surface area contributed by atoms with Gasteiger partial charge in [-0.2, -0.15) is 5.10 Å². The molecule has 6 nitrogen and oxygen atoms in total. The van der Waals surface area contributed by atoms with Crippen LogP contribution in [-0.4, -0.2) is 35.9 Å². The van der Waals surface area contributed by atoms with Crippen LogP contribution in [-0.2, 0) is 6.54 Å². The van der Waals surface area contributed by atoms with E-state index in [4.69, 9.17) is 21.1 Å². The van der Waals surface area contributed by atoms with Crippen LogP contribution in [0, 0.1) is 0 Å². The van der Waals surface area contributed by atoms with Gasteiger partial charge in [0.15, 0.2) is 0 Å². The first-order valence-electron chi connectivity index (χ1n) is 8.46. The lowest BCUT2D eigenvalue weighted by atomic mass is 10.2. The molecule has 0 fully saturated rings. The summed E-state index contributed by atoms with van der Waals surface area (Å²) in [5.41, 5.74) is 1.44. The van der Waals surface area contributed by atoms with Crippen LogP contribution in [0.3, 0.4) is 0 Å². The van der Waals surface area contributed by atoms with E-state index in [0.29, 0.717) is 30.3 Å². The van der Waals surface area contributed by atoms with Crippen LogP contribution in [0.4, 0.5) is 0 Å². The molecule has 0 aliphatic heterocycles. The third-order valence-electron chi connectivity index (χ3n) is 3.90. The molecule has 140 valence electrons. The average Bonchev–Trinajstić information content (AvgIpc) is 3.16. The predicted molar refractivity (Wildman–Crippen MR) is 104 cm³/mol. The quantitative estimate of drug-likeness (QED) is 0.603. The summed E-state index contributed by atoms with van der Waals surface area (Å²) in [7, 11) is 1.61. The van der Waals surface area contributed by atoms with E-state index >= 15 is 0 Å². The number of hydrogen-bond acceptors (Lipinski definition) is 4. The van der Waals surface area contributed by atoms with Gasteiger partial charge >= 0.3 is 0 Å². The number of carbonyl (C=O) groups excluding carboxylic acids is 1. The molecule has 0 radical (unpaired) electrons. The Labute approximate surface area is 162 Å². The predicted octanol–water partition coefficient (Wildman–Crippen LogP) is 3.40. The van der Waals surface area contributed by atoms with Crippen LogP contribution in [0.5, 0.6) is 11.5 Å². The number of carbonyl (C=O) groups is 1. The van der Waals surface area contributed by atoms with Crippen LogP contribution in [0.15, 0.2) is 60.9 Å². The minimum Gasteiger partial charge on any atom is -0.497 e. The fraction of sp³-hybridized carbons (Fsp3) is 0.200. The summed E-state index contributed by atoms with van der Waals surface area (Å²) < 4.78 is 12.4. The molecule has 1 amide bonds. The van der Waals surface area contributed by atoms with Crippen LogP contribution in [0.2, 0.25) is 5.02 Å². The Hall–Kier alpha value is -2.99. The van der Waals surface area contributed by atoms with Crippen LogP contribution in [0.1, 0.15) is 15.9 Å². The number of hydrogen-bond donors (Lipinski definition) is 1. The van der Waals surface area contributed by atoms with Crippen LogP contribution in [0.25, 0.3) is 0 Å². The third-order valence-corrected chi connectivity index (χ3v) is 4.27. The summed E-state index contributed by atoms with van der Waals surface area (Å²) in [6, 6.07) is 14.8. The average molecular weight is 386 g/mol. The van der Waals surface area contributed by atoms with Gasteiger partial charge in [0.25, 0.3) is 5.91 Å². The monoisotopic (exact) mass is 385 g/mol. The molecule has 27 heavy (non-hydrogen) atoms.